The minimum absolute atomic E-state index is 0.0838. The number of nitrogens with one attached hydrogen (secondary N) is 2. The lowest BCUT2D eigenvalue weighted by atomic mass is 10.1. The second-order valence-corrected chi connectivity index (χ2v) is 8.75. The number of carbonyl (C=O) groups is 3. The van der Waals surface area contributed by atoms with Gasteiger partial charge in [-0.2, -0.15) is 0 Å². The molecule has 2 aromatic rings. The summed E-state index contributed by atoms with van der Waals surface area (Å²) < 4.78 is 5.54. The molecule has 2 aromatic carbocycles. The number of halogens is 1. The monoisotopic (exact) mass is 457 g/mol. The third-order valence-corrected chi connectivity index (χ3v) is 5.56. The fourth-order valence-electron chi connectivity index (χ4n) is 3.32. The molecule has 170 valence electrons. The Hall–Kier alpha value is -3.06. The van der Waals surface area contributed by atoms with E-state index in [-0.39, 0.29) is 36.7 Å². The number of aryl methyl sites for hydroxylation is 1. The van der Waals surface area contributed by atoms with Gasteiger partial charge in [-0.05, 0) is 54.8 Å². The first-order chi connectivity index (χ1) is 15.2. The zero-order chi connectivity index (χ0) is 23.3. The molecule has 1 heterocycles. The van der Waals surface area contributed by atoms with E-state index in [1.54, 1.807) is 41.3 Å². The Morgan fingerprint density at radius 2 is 1.91 bits per heavy atom. The highest BCUT2D eigenvalue weighted by Crippen LogP contribution is 2.27. The van der Waals surface area contributed by atoms with Crippen molar-refractivity contribution in [1.82, 2.24) is 5.32 Å². The Morgan fingerprint density at radius 1 is 1.19 bits per heavy atom. The summed E-state index contributed by atoms with van der Waals surface area (Å²) in [4.78, 5) is 38.4. The van der Waals surface area contributed by atoms with Gasteiger partial charge in [-0.15, -0.1) is 0 Å². The van der Waals surface area contributed by atoms with Gasteiger partial charge in [0, 0.05) is 35.9 Å². The first-order valence-corrected chi connectivity index (χ1v) is 11.0. The van der Waals surface area contributed by atoms with Gasteiger partial charge in [-0.25, -0.2) is 0 Å². The lowest BCUT2D eigenvalue weighted by Gasteiger charge is -2.17. The number of hydrogen-bond donors (Lipinski definition) is 2. The van der Waals surface area contributed by atoms with Crippen LogP contribution in [-0.4, -0.2) is 37.4 Å². The number of benzene rings is 2. The highest BCUT2D eigenvalue weighted by Gasteiger charge is 2.35. The van der Waals surface area contributed by atoms with Crippen LogP contribution in [0.15, 0.2) is 42.5 Å². The lowest BCUT2D eigenvalue weighted by Crippen LogP contribution is -2.35. The maximum atomic E-state index is 12.4. The second-order valence-electron chi connectivity index (χ2n) is 8.34. The average molecular weight is 458 g/mol. The molecule has 8 heteroatoms. The van der Waals surface area contributed by atoms with Gasteiger partial charge in [-0.1, -0.05) is 31.5 Å². The van der Waals surface area contributed by atoms with Crippen LogP contribution in [0.1, 0.15) is 25.8 Å². The molecule has 1 aliphatic rings. The molecule has 0 spiro atoms. The summed E-state index contributed by atoms with van der Waals surface area (Å²) in [6.45, 7) is 6.73. The molecule has 7 nitrogen and oxygen atoms in total. The van der Waals surface area contributed by atoms with Crippen molar-refractivity contribution >= 4 is 40.7 Å². The van der Waals surface area contributed by atoms with Gasteiger partial charge in [0.2, 0.25) is 11.8 Å². The maximum Gasteiger partial charge on any atom is 0.262 e. The summed E-state index contributed by atoms with van der Waals surface area (Å²) in [5.74, 6) is 0.0326. The van der Waals surface area contributed by atoms with Crippen molar-refractivity contribution in [1.29, 1.82) is 0 Å². The van der Waals surface area contributed by atoms with Gasteiger partial charge in [0.05, 0.1) is 5.92 Å². The van der Waals surface area contributed by atoms with Gasteiger partial charge < -0.3 is 20.3 Å². The van der Waals surface area contributed by atoms with Crippen molar-refractivity contribution in [2.24, 2.45) is 11.8 Å². The number of hydrogen-bond acceptors (Lipinski definition) is 4. The van der Waals surface area contributed by atoms with Crippen LogP contribution >= 0.6 is 11.6 Å². The number of rotatable bonds is 8. The minimum atomic E-state index is -0.351. The van der Waals surface area contributed by atoms with Crippen LogP contribution in [-0.2, 0) is 14.4 Å². The number of anilines is 2. The molecule has 1 saturated heterocycles. The first-order valence-electron chi connectivity index (χ1n) is 10.6. The molecule has 0 saturated carbocycles. The molecule has 1 fully saturated rings. The highest BCUT2D eigenvalue weighted by molar-refractivity contribution is 6.31. The Balaban J connectivity index is 1.51. The van der Waals surface area contributed by atoms with Gasteiger partial charge in [0.1, 0.15) is 5.75 Å². The molecule has 1 atom stereocenters. The summed E-state index contributed by atoms with van der Waals surface area (Å²) in [6, 6.07) is 12.2. The van der Waals surface area contributed by atoms with Crippen molar-refractivity contribution in [3.8, 4) is 5.75 Å². The normalized spacial score (nSPS) is 15.7. The van der Waals surface area contributed by atoms with E-state index in [0.29, 0.717) is 41.2 Å². The van der Waals surface area contributed by atoms with Crippen molar-refractivity contribution in [3.63, 3.8) is 0 Å². The van der Waals surface area contributed by atoms with Gasteiger partial charge in [0.15, 0.2) is 6.61 Å². The minimum Gasteiger partial charge on any atom is -0.484 e. The number of ether oxygens (including phenoxy) is 1. The third-order valence-electron chi connectivity index (χ3n) is 5.15. The fourth-order valence-corrected chi connectivity index (χ4v) is 3.50. The quantitative estimate of drug-likeness (QED) is 0.631. The Morgan fingerprint density at radius 3 is 2.56 bits per heavy atom. The van der Waals surface area contributed by atoms with Crippen LogP contribution in [0.2, 0.25) is 5.02 Å². The summed E-state index contributed by atoms with van der Waals surface area (Å²) in [6.07, 6.45) is 0.200. The fraction of sp³-hybridized carbons (Fsp3) is 0.375. The summed E-state index contributed by atoms with van der Waals surface area (Å²) >= 11 is 6.07. The predicted octanol–water partition coefficient (Wildman–Crippen LogP) is 3.79. The molecule has 0 radical (unpaired) electrons. The van der Waals surface area contributed by atoms with Crippen LogP contribution in [0.4, 0.5) is 11.4 Å². The molecule has 3 amide bonds. The van der Waals surface area contributed by atoms with Gasteiger partial charge in [-0.3, -0.25) is 14.4 Å². The predicted molar refractivity (Wildman–Crippen MR) is 125 cm³/mol. The molecule has 0 aliphatic carbocycles. The molecule has 1 unspecified atom stereocenters. The molecule has 1 aliphatic heterocycles. The summed E-state index contributed by atoms with van der Waals surface area (Å²) in [7, 11) is 0. The van der Waals surface area contributed by atoms with E-state index in [1.165, 1.54) is 0 Å². The summed E-state index contributed by atoms with van der Waals surface area (Å²) in [5.41, 5.74) is 2.23. The Bertz CT molecular complexity index is 991. The van der Waals surface area contributed by atoms with Crippen molar-refractivity contribution in [3.05, 3.63) is 53.1 Å². The molecule has 0 aromatic heterocycles. The SMILES string of the molecule is Cc1ccc(NC(=O)COc2ccc(N3CC(C(=O)NCC(C)C)CC3=O)cc2)cc1Cl. The highest BCUT2D eigenvalue weighted by atomic mass is 35.5. The number of nitrogens with zero attached hydrogens (tertiary/aromatic N) is 1. The van der Waals surface area contributed by atoms with Crippen LogP contribution in [0, 0.1) is 18.8 Å². The van der Waals surface area contributed by atoms with E-state index in [4.69, 9.17) is 16.3 Å². The topological polar surface area (TPSA) is 87.7 Å². The van der Waals surface area contributed by atoms with Crippen molar-refractivity contribution in [2.45, 2.75) is 27.2 Å². The van der Waals surface area contributed by atoms with Gasteiger partial charge >= 0.3 is 0 Å². The lowest BCUT2D eigenvalue weighted by molar-refractivity contribution is -0.126. The molecule has 32 heavy (non-hydrogen) atoms. The zero-order valence-corrected chi connectivity index (χ0v) is 19.2. The molecule has 0 bridgehead atoms. The smallest absolute Gasteiger partial charge is 0.262 e. The van der Waals surface area contributed by atoms with E-state index >= 15 is 0 Å². The van der Waals surface area contributed by atoms with E-state index < -0.39 is 0 Å². The first kappa shape index (κ1) is 23.6. The van der Waals surface area contributed by atoms with E-state index in [2.05, 4.69) is 10.6 Å². The zero-order valence-electron chi connectivity index (χ0n) is 18.5. The van der Waals surface area contributed by atoms with Gasteiger partial charge in [0.25, 0.3) is 5.91 Å². The molecular formula is C24H28ClN3O4. The molecule has 3 rings (SSSR count). The molecule has 2 N–H and O–H groups in total. The number of amides is 3. The Kier molecular flexibility index (Phi) is 7.75. The third kappa shape index (κ3) is 6.23. The van der Waals surface area contributed by atoms with E-state index in [1.807, 2.05) is 26.8 Å². The van der Waals surface area contributed by atoms with Crippen LogP contribution in [0.25, 0.3) is 0 Å². The Labute approximate surface area is 193 Å². The average Bonchev–Trinajstić information content (AvgIpc) is 3.15. The van der Waals surface area contributed by atoms with E-state index in [9.17, 15) is 14.4 Å². The standard InChI is InChI=1S/C24H28ClN3O4/c1-15(2)12-26-24(31)17-10-23(30)28(13-17)19-6-8-20(9-7-19)32-14-22(29)27-18-5-4-16(3)21(25)11-18/h4-9,11,15,17H,10,12-14H2,1-3H3,(H,26,31)(H,27,29). The van der Waals surface area contributed by atoms with Crippen molar-refractivity contribution in [2.75, 3.05) is 29.9 Å². The molecular weight excluding hydrogens is 430 g/mol. The maximum absolute atomic E-state index is 12.4. The van der Waals surface area contributed by atoms with Crippen LogP contribution in [0.3, 0.4) is 0 Å². The van der Waals surface area contributed by atoms with E-state index in [0.717, 1.165) is 5.56 Å². The largest absolute Gasteiger partial charge is 0.484 e. The van der Waals surface area contributed by atoms with Crippen molar-refractivity contribution < 1.29 is 19.1 Å². The summed E-state index contributed by atoms with van der Waals surface area (Å²) in [5, 5.41) is 6.21. The van der Waals surface area contributed by atoms with Crippen LogP contribution in [0.5, 0.6) is 5.75 Å². The number of carbonyl (C=O) groups excluding carboxylic acids is 3. The van der Waals surface area contributed by atoms with Crippen LogP contribution < -0.4 is 20.3 Å². The second kappa shape index (κ2) is 10.5.